The van der Waals surface area contributed by atoms with Gasteiger partial charge in [-0.15, -0.1) is 24.0 Å². The zero-order valence-electron chi connectivity index (χ0n) is 14.9. The molecule has 1 aromatic rings. The lowest BCUT2D eigenvalue weighted by Crippen LogP contribution is -2.39. The summed E-state index contributed by atoms with van der Waals surface area (Å²) < 4.78 is 29.4. The van der Waals surface area contributed by atoms with Crippen LogP contribution >= 0.6 is 24.0 Å². The standard InChI is InChI=1S/C15H28N4O3S.HI/c1-5-16-15(17-8-10-22-11-12-23(4,20)21)19(3)13-14-7-6-9-18(14)2;/h6-7,9H,5,8,10-13H2,1-4H3,(H,16,17);1H. The SMILES string of the molecule is CCNC(=NCCOCCS(C)(=O)=O)N(C)Cc1cccn1C.I. The highest BCUT2D eigenvalue weighted by Crippen LogP contribution is 2.03. The van der Waals surface area contributed by atoms with E-state index in [4.69, 9.17) is 4.74 Å². The van der Waals surface area contributed by atoms with Crippen LogP contribution in [0.3, 0.4) is 0 Å². The Hall–Kier alpha value is -0.810. The summed E-state index contributed by atoms with van der Waals surface area (Å²) in [7, 11) is 1.04. The van der Waals surface area contributed by atoms with Gasteiger partial charge in [0.25, 0.3) is 0 Å². The molecule has 0 saturated carbocycles. The maximum atomic E-state index is 11.0. The zero-order chi connectivity index (χ0) is 17.3. The fourth-order valence-electron chi connectivity index (χ4n) is 1.98. The van der Waals surface area contributed by atoms with Gasteiger partial charge in [0.2, 0.25) is 0 Å². The first-order valence-electron chi connectivity index (χ1n) is 7.68. The molecule has 0 spiro atoms. The minimum atomic E-state index is -2.97. The molecule has 1 heterocycles. The van der Waals surface area contributed by atoms with Gasteiger partial charge >= 0.3 is 0 Å². The van der Waals surface area contributed by atoms with E-state index in [1.165, 1.54) is 11.9 Å². The van der Waals surface area contributed by atoms with E-state index in [1.54, 1.807) is 0 Å². The van der Waals surface area contributed by atoms with Crippen LogP contribution in [-0.4, -0.2) is 69.2 Å². The highest BCUT2D eigenvalue weighted by molar-refractivity contribution is 14.0. The van der Waals surface area contributed by atoms with Crippen molar-refractivity contribution in [2.24, 2.45) is 12.0 Å². The Labute approximate surface area is 162 Å². The molecular weight excluding hydrogens is 443 g/mol. The molecule has 0 bridgehead atoms. The van der Waals surface area contributed by atoms with Crippen LogP contribution in [0.5, 0.6) is 0 Å². The van der Waals surface area contributed by atoms with Crippen molar-refractivity contribution in [3.05, 3.63) is 24.0 Å². The first kappa shape index (κ1) is 23.2. The number of sulfone groups is 1. The molecule has 1 aromatic heterocycles. The zero-order valence-corrected chi connectivity index (χ0v) is 18.0. The average Bonchev–Trinajstić information content (AvgIpc) is 2.85. The number of nitrogens with zero attached hydrogens (tertiary/aromatic N) is 3. The molecule has 7 nitrogen and oxygen atoms in total. The Bertz CT molecular complexity index is 602. The third kappa shape index (κ3) is 9.48. The largest absolute Gasteiger partial charge is 0.378 e. The van der Waals surface area contributed by atoms with Gasteiger partial charge in [-0.2, -0.15) is 0 Å². The molecule has 9 heteroatoms. The van der Waals surface area contributed by atoms with Crippen molar-refractivity contribution in [1.29, 1.82) is 0 Å². The number of aromatic nitrogens is 1. The lowest BCUT2D eigenvalue weighted by atomic mass is 10.4. The number of halogens is 1. The molecule has 0 amide bonds. The lowest BCUT2D eigenvalue weighted by Gasteiger charge is -2.22. The predicted molar refractivity (Wildman–Crippen MR) is 109 cm³/mol. The maximum Gasteiger partial charge on any atom is 0.194 e. The van der Waals surface area contributed by atoms with Gasteiger partial charge in [0.15, 0.2) is 5.96 Å². The number of rotatable bonds is 9. The van der Waals surface area contributed by atoms with E-state index in [9.17, 15) is 8.42 Å². The number of hydrogen-bond donors (Lipinski definition) is 1. The van der Waals surface area contributed by atoms with Crippen molar-refractivity contribution >= 4 is 39.8 Å². The van der Waals surface area contributed by atoms with Crippen molar-refractivity contribution in [2.45, 2.75) is 13.5 Å². The molecule has 0 radical (unpaired) electrons. The van der Waals surface area contributed by atoms with Gasteiger partial charge in [-0.05, 0) is 19.1 Å². The second-order valence-electron chi connectivity index (χ2n) is 5.44. The van der Waals surface area contributed by atoms with E-state index in [-0.39, 0.29) is 36.3 Å². The Morgan fingerprint density at radius 2 is 2.12 bits per heavy atom. The third-order valence-electron chi connectivity index (χ3n) is 3.24. The second-order valence-corrected chi connectivity index (χ2v) is 7.70. The molecule has 0 unspecified atom stereocenters. The van der Waals surface area contributed by atoms with E-state index < -0.39 is 9.84 Å². The average molecular weight is 472 g/mol. The minimum absolute atomic E-state index is 0. The van der Waals surface area contributed by atoms with Crippen LogP contribution in [0.15, 0.2) is 23.3 Å². The molecule has 0 aliphatic rings. The van der Waals surface area contributed by atoms with Crippen molar-refractivity contribution in [2.75, 3.05) is 45.4 Å². The smallest absolute Gasteiger partial charge is 0.194 e. The van der Waals surface area contributed by atoms with Crippen LogP contribution in [-0.2, 0) is 28.2 Å². The van der Waals surface area contributed by atoms with Gasteiger partial charge < -0.3 is 19.5 Å². The Kier molecular flexibility index (Phi) is 11.3. The van der Waals surface area contributed by atoms with Gasteiger partial charge in [-0.1, -0.05) is 0 Å². The molecule has 0 aliphatic carbocycles. The summed E-state index contributed by atoms with van der Waals surface area (Å²) in [5.74, 6) is 0.852. The molecule has 24 heavy (non-hydrogen) atoms. The molecule has 0 fully saturated rings. The lowest BCUT2D eigenvalue weighted by molar-refractivity contribution is 0.157. The number of guanidine groups is 1. The number of ether oxygens (including phenoxy) is 1. The van der Waals surface area contributed by atoms with E-state index in [0.29, 0.717) is 13.2 Å². The summed E-state index contributed by atoms with van der Waals surface area (Å²) in [4.78, 5) is 6.56. The number of hydrogen-bond acceptors (Lipinski definition) is 4. The summed E-state index contributed by atoms with van der Waals surface area (Å²) in [6.07, 6.45) is 3.22. The summed E-state index contributed by atoms with van der Waals surface area (Å²) in [6, 6.07) is 4.09. The van der Waals surface area contributed by atoms with Crippen LogP contribution in [0.4, 0.5) is 0 Å². The van der Waals surface area contributed by atoms with Gasteiger partial charge in [0.05, 0.1) is 32.1 Å². The first-order chi connectivity index (χ1) is 10.8. The molecule has 140 valence electrons. The van der Waals surface area contributed by atoms with Crippen molar-refractivity contribution in [3.8, 4) is 0 Å². The summed E-state index contributed by atoms with van der Waals surface area (Å²) in [5, 5.41) is 3.24. The van der Waals surface area contributed by atoms with Gasteiger partial charge in [-0.25, -0.2) is 8.42 Å². The van der Waals surface area contributed by atoms with E-state index in [1.807, 2.05) is 33.3 Å². The Morgan fingerprint density at radius 1 is 1.42 bits per heavy atom. The quantitative estimate of drug-likeness (QED) is 0.252. The monoisotopic (exact) mass is 472 g/mol. The van der Waals surface area contributed by atoms with E-state index in [2.05, 4.69) is 25.8 Å². The molecule has 0 aliphatic heterocycles. The van der Waals surface area contributed by atoms with Gasteiger partial charge in [0, 0.05) is 38.8 Å². The second kappa shape index (κ2) is 11.7. The van der Waals surface area contributed by atoms with E-state index >= 15 is 0 Å². The topological polar surface area (TPSA) is 75.9 Å². The summed E-state index contributed by atoms with van der Waals surface area (Å²) >= 11 is 0. The number of nitrogens with one attached hydrogen (secondary N) is 1. The van der Waals surface area contributed by atoms with Crippen molar-refractivity contribution in [3.63, 3.8) is 0 Å². The fraction of sp³-hybridized carbons (Fsp3) is 0.667. The molecule has 0 saturated heterocycles. The van der Waals surface area contributed by atoms with E-state index in [0.717, 1.165) is 19.0 Å². The van der Waals surface area contributed by atoms with Crippen LogP contribution in [0, 0.1) is 0 Å². The van der Waals surface area contributed by atoms with Gasteiger partial charge in [0.1, 0.15) is 9.84 Å². The van der Waals surface area contributed by atoms with Crippen LogP contribution in [0.2, 0.25) is 0 Å². The summed E-state index contributed by atoms with van der Waals surface area (Å²) in [5.41, 5.74) is 1.20. The van der Waals surface area contributed by atoms with Crippen LogP contribution < -0.4 is 5.32 Å². The summed E-state index contributed by atoms with van der Waals surface area (Å²) in [6.45, 7) is 4.67. The highest BCUT2D eigenvalue weighted by Gasteiger charge is 2.08. The number of aryl methyl sites for hydroxylation is 1. The molecule has 1 N–H and O–H groups in total. The highest BCUT2D eigenvalue weighted by atomic mass is 127. The molecule has 0 atom stereocenters. The minimum Gasteiger partial charge on any atom is -0.378 e. The maximum absolute atomic E-state index is 11.0. The Morgan fingerprint density at radius 3 is 2.67 bits per heavy atom. The van der Waals surface area contributed by atoms with Crippen LogP contribution in [0.25, 0.3) is 0 Å². The van der Waals surface area contributed by atoms with Crippen molar-refractivity contribution in [1.82, 2.24) is 14.8 Å². The first-order valence-corrected chi connectivity index (χ1v) is 9.74. The normalized spacial score (nSPS) is 11.9. The Balaban J connectivity index is 0.00000529. The van der Waals surface area contributed by atoms with Crippen LogP contribution in [0.1, 0.15) is 12.6 Å². The van der Waals surface area contributed by atoms with Gasteiger partial charge in [-0.3, -0.25) is 4.99 Å². The number of aliphatic imine (C=N–C) groups is 1. The predicted octanol–water partition coefficient (Wildman–Crippen LogP) is 1.10. The van der Waals surface area contributed by atoms with Crippen molar-refractivity contribution < 1.29 is 13.2 Å². The molecule has 0 aromatic carbocycles. The third-order valence-corrected chi connectivity index (χ3v) is 4.15. The molecule has 1 rings (SSSR count). The fourth-order valence-corrected chi connectivity index (χ4v) is 2.40. The molecular formula is C15H29IN4O3S.